The number of nitrogens with zero attached hydrogens (tertiary/aromatic N) is 5. The van der Waals surface area contributed by atoms with Gasteiger partial charge in [-0.2, -0.15) is 0 Å². The minimum atomic E-state index is -0.406. The van der Waals surface area contributed by atoms with Crippen molar-refractivity contribution in [3.05, 3.63) is 70.8 Å². The molecule has 3 rings (SSSR count). The number of aromatic nitrogens is 4. The topological polar surface area (TPSA) is 86.7 Å². The van der Waals surface area contributed by atoms with E-state index in [-0.39, 0.29) is 5.69 Å². The third-order valence-corrected chi connectivity index (χ3v) is 3.92. The number of thioether (sulfide) groups is 1. The maximum Gasteiger partial charge on any atom is 0.269 e. The molecule has 0 spiro atoms. The van der Waals surface area contributed by atoms with Crippen molar-refractivity contribution in [2.75, 3.05) is 0 Å². The molecule has 2 heterocycles. The summed E-state index contributed by atoms with van der Waals surface area (Å²) in [5.41, 5.74) is 1.09. The Kier molecular flexibility index (Phi) is 4.10. The Hall–Kier alpha value is -2.74. The highest BCUT2D eigenvalue weighted by atomic mass is 32.2. The highest BCUT2D eigenvalue weighted by molar-refractivity contribution is 7.98. The first kappa shape index (κ1) is 14.2. The second-order valence-corrected chi connectivity index (χ2v) is 5.41. The standard InChI is InChI=1S/C14H11N5O2S/c20-19(21)12-3-1-11(2-4-12)9-22-14-6-5-13(16-17-14)18-8-7-15-10-18/h1-8,10H,9H2. The molecule has 7 nitrogen and oxygen atoms in total. The van der Waals surface area contributed by atoms with E-state index in [1.165, 1.54) is 23.9 Å². The molecule has 0 saturated carbocycles. The number of nitro benzene ring substituents is 1. The molecular weight excluding hydrogens is 302 g/mol. The van der Waals surface area contributed by atoms with Gasteiger partial charge in [0, 0.05) is 30.3 Å². The highest BCUT2D eigenvalue weighted by Crippen LogP contribution is 2.22. The van der Waals surface area contributed by atoms with Crippen LogP contribution in [0.4, 0.5) is 5.69 Å². The van der Waals surface area contributed by atoms with E-state index in [2.05, 4.69) is 15.2 Å². The Morgan fingerprint density at radius 1 is 1.14 bits per heavy atom. The fourth-order valence-electron chi connectivity index (χ4n) is 1.79. The lowest BCUT2D eigenvalue weighted by Crippen LogP contribution is -1.96. The first-order valence-electron chi connectivity index (χ1n) is 6.40. The van der Waals surface area contributed by atoms with Crippen LogP contribution in [0.15, 0.2) is 60.1 Å². The van der Waals surface area contributed by atoms with E-state index in [9.17, 15) is 10.1 Å². The molecule has 0 fully saturated rings. The molecule has 0 aliphatic heterocycles. The third kappa shape index (κ3) is 3.29. The lowest BCUT2D eigenvalue weighted by molar-refractivity contribution is -0.384. The smallest absolute Gasteiger partial charge is 0.269 e. The van der Waals surface area contributed by atoms with Crippen molar-refractivity contribution in [3.63, 3.8) is 0 Å². The summed E-state index contributed by atoms with van der Waals surface area (Å²) >= 11 is 1.53. The summed E-state index contributed by atoms with van der Waals surface area (Å²) in [5, 5.41) is 19.7. The molecule has 1 aromatic carbocycles. The van der Waals surface area contributed by atoms with E-state index in [0.29, 0.717) is 11.6 Å². The van der Waals surface area contributed by atoms with Crippen molar-refractivity contribution in [2.45, 2.75) is 10.8 Å². The van der Waals surface area contributed by atoms with Gasteiger partial charge in [0.1, 0.15) is 11.4 Å². The fraction of sp³-hybridized carbons (Fsp3) is 0.0714. The van der Waals surface area contributed by atoms with Crippen LogP contribution in [-0.2, 0) is 5.75 Å². The molecule has 8 heteroatoms. The van der Waals surface area contributed by atoms with Gasteiger partial charge in [0.05, 0.1) is 4.92 Å². The summed E-state index contributed by atoms with van der Waals surface area (Å²) in [4.78, 5) is 14.1. The van der Waals surface area contributed by atoms with Crippen LogP contribution in [0.1, 0.15) is 5.56 Å². The van der Waals surface area contributed by atoms with Crippen LogP contribution < -0.4 is 0 Å². The van der Waals surface area contributed by atoms with Crippen LogP contribution in [0.25, 0.3) is 5.82 Å². The summed E-state index contributed by atoms with van der Waals surface area (Å²) in [6, 6.07) is 10.3. The number of hydrogen-bond acceptors (Lipinski definition) is 6. The Labute approximate surface area is 130 Å². The van der Waals surface area contributed by atoms with Crippen molar-refractivity contribution >= 4 is 17.4 Å². The van der Waals surface area contributed by atoms with Gasteiger partial charge in [-0.1, -0.05) is 23.9 Å². The zero-order valence-electron chi connectivity index (χ0n) is 11.4. The van der Waals surface area contributed by atoms with Crippen molar-refractivity contribution in [1.82, 2.24) is 19.7 Å². The molecule has 0 saturated heterocycles. The fourth-order valence-corrected chi connectivity index (χ4v) is 2.56. The molecule has 0 bridgehead atoms. The number of non-ortho nitro benzene ring substituents is 1. The van der Waals surface area contributed by atoms with Gasteiger partial charge in [0.25, 0.3) is 5.69 Å². The van der Waals surface area contributed by atoms with Gasteiger partial charge in [0.15, 0.2) is 5.82 Å². The summed E-state index contributed by atoms with van der Waals surface area (Å²) in [6.45, 7) is 0. The third-order valence-electron chi connectivity index (χ3n) is 2.93. The molecule has 0 aliphatic carbocycles. The van der Waals surface area contributed by atoms with Crippen LogP contribution >= 0.6 is 11.8 Å². The molecule has 0 aliphatic rings. The van der Waals surface area contributed by atoms with Gasteiger partial charge in [-0.25, -0.2) is 4.98 Å². The van der Waals surface area contributed by atoms with Crippen LogP contribution in [0, 0.1) is 10.1 Å². The van der Waals surface area contributed by atoms with E-state index in [1.54, 1.807) is 35.4 Å². The number of nitro groups is 1. The second kappa shape index (κ2) is 6.35. The lowest BCUT2D eigenvalue weighted by atomic mass is 10.2. The van der Waals surface area contributed by atoms with Crippen molar-refractivity contribution < 1.29 is 4.92 Å². The van der Waals surface area contributed by atoms with Crippen LogP contribution in [0.2, 0.25) is 0 Å². The molecule has 2 aromatic heterocycles. The second-order valence-electron chi connectivity index (χ2n) is 4.41. The van der Waals surface area contributed by atoms with E-state index in [4.69, 9.17) is 0 Å². The highest BCUT2D eigenvalue weighted by Gasteiger charge is 2.05. The predicted molar refractivity (Wildman–Crippen MR) is 81.8 cm³/mol. The average molecular weight is 313 g/mol. The number of hydrogen-bond donors (Lipinski definition) is 0. The normalized spacial score (nSPS) is 10.5. The molecule has 0 atom stereocenters. The molecule has 0 unspecified atom stereocenters. The van der Waals surface area contributed by atoms with E-state index in [0.717, 1.165) is 10.6 Å². The largest absolute Gasteiger partial charge is 0.289 e. The van der Waals surface area contributed by atoms with Crippen LogP contribution in [0.3, 0.4) is 0 Å². The van der Waals surface area contributed by atoms with Gasteiger partial charge in [0.2, 0.25) is 0 Å². The molecule has 0 radical (unpaired) electrons. The number of rotatable bonds is 5. The Balaban J connectivity index is 1.63. The predicted octanol–water partition coefficient (Wildman–Crippen LogP) is 2.86. The molecule has 110 valence electrons. The van der Waals surface area contributed by atoms with Gasteiger partial charge in [-0.3, -0.25) is 14.7 Å². The summed E-state index contributed by atoms with van der Waals surface area (Å²) in [5.74, 6) is 1.38. The quantitative estimate of drug-likeness (QED) is 0.409. The average Bonchev–Trinajstić information content (AvgIpc) is 3.08. The van der Waals surface area contributed by atoms with E-state index in [1.807, 2.05) is 12.1 Å². The lowest BCUT2D eigenvalue weighted by Gasteiger charge is -2.03. The summed E-state index contributed by atoms with van der Waals surface area (Å²) in [7, 11) is 0. The van der Waals surface area contributed by atoms with Crippen molar-refractivity contribution in [1.29, 1.82) is 0 Å². The minimum Gasteiger partial charge on any atom is -0.289 e. The maximum absolute atomic E-state index is 10.6. The first-order valence-corrected chi connectivity index (χ1v) is 7.39. The summed E-state index contributed by atoms with van der Waals surface area (Å²) < 4.78 is 1.78. The zero-order chi connectivity index (χ0) is 15.4. The zero-order valence-corrected chi connectivity index (χ0v) is 12.2. The molecule has 22 heavy (non-hydrogen) atoms. The molecule has 3 aromatic rings. The van der Waals surface area contributed by atoms with Crippen LogP contribution in [0.5, 0.6) is 0 Å². The molecular formula is C14H11N5O2S. The SMILES string of the molecule is O=[N+]([O-])c1ccc(CSc2ccc(-n3ccnc3)nn2)cc1. The van der Waals surface area contributed by atoms with Crippen LogP contribution in [-0.4, -0.2) is 24.7 Å². The first-order chi connectivity index (χ1) is 10.7. The molecule has 0 N–H and O–H groups in total. The Morgan fingerprint density at radius 2 is 1.95 bits per heavy atom. The monoisotopic (exact) mass is 313 g/mol. The minimum absolute atomic E-state index is 0.0956. The van der Waals surface area contributed by atoms with Crippen molar-refractivity contribution in [3.8, 4) is 5.82 Å². The van der Waals surface area contributed by atoms with E-state index < -0.39 is 4.92 Å². The number of imidazole rings is 1. The van der Waals surface area contributed by atoms with Gasteiger partial charge >= 0.3 is 0 Å². The summed E-state index contributed by atoms with van der Waals surface area (Å²) in [6.07, 6.45) is 5.14. The van der Waals surface area contributed by atoms with Gasteiger partial charge in [-0.05, 0) is 17.7 Å². The molecule has 0 amide bonds. The Bertz CT molecular complexity index is 757. The van der Waals surface area contributed by atoms with E-state index >= 15 is 0 Å². The van der Waals surface area contributed by atoms with Crippen molar-refractivity contribution in [2.24, 2.45) is 0 Å². The van der Waals surface area contributed by atoms with Gasteiger partial charge < -0.3 is 0 Å². The maximum atomic E-state index is 10.6. The van der Waals surface area contributed by atoms with Gasteiger partial charge in [-0.15, -0.1) is 10.2 Å². The number of benzene rings is 1. The Morgan fingerprint density at radius 3 is 2.55 bits per heavy atom.